The lowest BCUT2D eigenvalue weighted by molar-refractivity contribution is 0.158. The number of nitrogens with zero attached hydrogens (tertiary/aromatic N) is 1. The molecule has 0 fully saturated rings. The standard InChI is InChI=1S/C15H15NO/c17-15-6-5-11-8-12(3-4-13(11)9-15)14-2-1-7-16-10-14/h1-4,7-8,10,15,17H,5-6,9H2/t15-/m0/s1. The van der Waals surface area contributed by atoms with E-state index in [0.717, 1.165) is 24.8 Å². The van der Waals surface area contributed by atoms with Gasteiger partial charge in [-0.25, -0.2) is 0 Å². The van der Waals surface area contributed by atoms with Crippen LogP contribution >= 0.6 is 0 Å². The molecule has 2 heteroatoms. The molecule has 0 saturated heterocycles. The fourth-order valence-corrected chi connectivity index (χ4v) is 2.45. The van der Waals surface area contributed by atoms with Crippen LogP contribution in [0, 0.1) is 0 Å². The first kappa shape index (κ1) is 10.5. The Morgan fingerprint density at radius 2 is 2.06 bits per heavy atom. The summed E-state index contributed by atoms with van der Waals surface area (Å²) in [6.07, 6.45) is 6.17. The molecule has 2 aromatic rings. The summed E-state index contributed by atoms with van der Waals surface area (Å²) in [6, 6.07) is 10.5. The number of hydrogen-bond donors (Lipinski definition) is 1. The first-order valence-electron chi connectivity index (χ1n) is 6.03. The molecule has 1 aliphatic rings. The number of benzene rings is 1. The van der Waals surface area contributed by atoms with Gasteiger partial charge in [-0.2, -0.15) is 0 Å². The second kappa shape index (κ2) is 4.30. The summed E-state index contributed by atoms with van der Waals surface area (Å²) in [5.74, 6) is 0. The number of pyridine rings is 1. The van der Waals surface area contributed by atoms with Crippen LogP contribution in [0.5, 0.6) is 0 Å². The van der Waals surface area contributed by atoms with E-state index in [1.165, 1.54) is 16.7 Å². The smallest absolute Gasteiger partial charge is 0.0583 e. The third kappa shape index (κ3) is 2.08. The Morgan fingerprint density at radius 1 is 1.12 bits per heavy atom. The Kier molecular flexibility index (Phi) is 2.65. The van der Waals surface area contributed by atoms with Crippen molar-refractivity contribution >= 4 is 0 Å². The number of aliphatic hydroxyl groups excluding tert-OH is 1. The van der Waals surface area contributed by atoms with Crippen LogP contribution in [0.4, 0.5) is 0 Å². The summed E-state index contributed by atoms with van der Waals surface area (Å²) in [5.41, 5.74) is 5.03. The van der Waals surface area contributed by atoms with Crippen molar-refractivity contribution in [3.8, 4) is 11.1 Å². The molecule has 0 amide bonds. The molecule has 86 valence electrons. The largest absolute Gasteiger partial charge is 0.393 e. The summed E-state index contributed by atoms with van der Waals surface area (Å²) < 4.78 is 0. The lowest BCUT2D eigenvalue weighted by atomic mass is 9.88. The third-order valence-electron chi connectivity index (χ3n) is 3.40. The summed E-state index contributed by atoms with van der Waals surface area (Å²) in [6.45, 7) is 0. The van der Waals surface area contributed by atoms with E-state index in [4.69, 9.17) is 0 Å². The van der Waals surface area contributed by atoms with Crippen molar-refractivity contribution in [2.75, 3.05) is 0 Å². The molecule has 0 radical (unpaired) electrons. The number of aliphatic hydroxyl groups is 1. The minimum absolute atomic E-state index is 0.160. The molecule has 3 rings (SSSR count). The highest BCUT2D eigenvalue weighted by molar-refractivity contribution is 5.64. The summed E-state index contributed by atoms with van der Waals surface area (Å²) in [5, 5.41) is 9.63. The number of hydrogen-bond acceptors (Lipinski definition) is 2. The molecule has 0 bridgehead atoms. The number of rotatable bonds is 1. The van der Waals surface area contributed by atoms with Gasteiger partial charge in [0.05, 0.1) is 6.10 Å². The molecule has 1 heterocycles. The fourth-order valence-electron chi connectivity index (χ4n) is 2.45. The zero-order valence-corrected chi connectivity index (χ0v) is 9.63. The third-order valence-corrected chi connectivity index (χ3v) is 3.40. The minimum Gasteiger partial charge on any atom is -0.393 e. The van der Waals surface area contributed by atoms with Gasteiger partial charge in [-0.1, -0.05) is 24.3 Å². The quantitative estimate of drug-likeness (QED) is 0.809. The maximum atomic E-state index is 9.63. The van der Waals surface area contributed by atoms with Crippen molar-refractivity contribution in [2.24, 2.45) is 0 Å². The number of aryl methyl sites for hydroxylation is 1. The van der Waals surface area contributed by atoms with Gasteiger partial charge < -0.3 is 5.11 Å². The summed E-state index contributed by atoms with van der Waals surface area (Å²) >= 11 is 0. The highest BCUT2D eigenvalue weighted by Gasteiger charge is 2.16. The highest BCUT2D eigenvalue weighted by atomic mass is 16.3. The zero-order chi connectivity index (χ0) is 11.7. The van der Waals surface area contributed by atoms with Crippen LogP contribution < -0.4 is 0 Å². The Labute approximate surface area is 101 Å². The SMILES string of the molecule is O[C@H]1CCc2cc(-c3cccnc3)ccc2C1. The number of fused-ring (bicyclic) bond motifs is 1. The molecule has 0 aliphatic heterocycles. The molecule has 1 aromatic heterocycles. The van der Waals surface area contributed by atoms with Gasteiger partial charge in [0.1, 0.15) is 0 Å². The molecule has 0 unspecified atom stereocenters. The topological polar surface area (TPSA) is 33.1 Å². The molecule has 1 aromatic carbocycles. The van der Waals surface area contributed by atoms with Crippen LogP contribution in [-0.4, -0.2) is 16.2 Å². The molecular formula is C15H15NO. The summed E-state index contributed by atoms with van der Waals surface area (Å²) in [7, 11) is 0. The second-order valence-electron chi connectivity index (χ2n) is 4.62. The zero-order valence-electron chi connectivity index (χ0n) is 9.63. The normalized spacial score (nSPS) is 18.8. The van der Waals surface area contributed by atoms with Crippen molar-refractivity contribution in [2.45, 2.75) is 25.4 Å². The average Bonchev–Trinajstić information content (AvgIpc) is 2.39. The molecular weight excluding hydrogens is 210 g/mol. The Morgan fingerprint density at radius 3 is 2.88 bits per heavy atom. The highest BCUT2D eigenvalue weighted by Crippen LogP contribution is 2.27. The van der Waals surface area contributed by atoms with Gasteiger partial charge in [0.15, 0.2) is 0 Å². The van der Waals surface area contributed by atoms with Crippen molar-refractivity contribution in [1.82, 2.24) is 4.98 Å². The van der Waals surface area contributed by atoms with Gasteiger partial charge in [-0.05, 0) is 47.6 Å². The Bertz CT molecular complexity index is 522. The molecule has 0 saturated carbocycles. The predicted molar refractivity (Wildman–Crippen MR) is 67.7 cm³/mol. The Balaban J connectivity index is 1.99. The van der Waals surface area contributed by atoms with Gasteiger partial charge >= 0.3 is 0 Å². The van der Waals surface area contributed by atoms with Crippen LogP contribution in [0.25, 0.3) is 11.1 Å². The first-order valence-corrected chi connectivity index (χ1v) is 6.03. The van der Waals surface area contributed by atoms with Crippen LogP contribution in [0.1, 0.15) is 17.5 Å². The van der Waals surface area contributed by atoms with E-state index in [2.05, 4.69) is 29.2 Å². The summed E-state index contributed by atoms with van der Waals surface area (Å²) in [4.78, 5) is 4.15. The van der Waals surface area contributed by atoms with Gasteiger partial charge in [0.25, 0.3) is 0 Å². The van der Waals surface area contributed by atoms with E-state index in [1.54, 1.807) is 6.20 Å². The van der Waals surface area contributed by atoms with E-state index in [9.17, 15) is 5.11 Å². The molecule has 0 spiro atoms. The number of aromatic nitrogens is 1. The average molecular weight is 225 g/mol. The van der Waals surface area contributed by atoms with Crippen molar-refractivity contribution in [3.63, 3.8) is 0 Å². The van der Waals surface area contributed by atoms with Gasteiger partial charge in [-0.3, -0.25) is 4.98 Å². The van der Waals surface area contributed by atoms with E-state index in [0.29, 0.717) is 0 Å². The van der Waals surface area contributed by atoms with Gasteiger partial charge in [0.2, 0.25) is 0 Å². The minimum atomic E-state index is -0.160. The molecule has 1 aliphatic carbocycles. The van der Waals surface area contributed by atoms with Crippen LogP contribution in [-0.2, 0) is 12.8 Å². The maximum absolute atomic E-state index is 9.63. The van der Waals surface area contributed by atoms with Crippen molar-refractivity contribution in [1.29, 1.82) is 0 Å². The van der Waals surface area contributed by atoms with Gasteiger partial charge in [0, 0.05) is 12.4 Å². The van der Waals surface area contributed by atoms with Crippen LogP contribution in [0.2, 0.25) is 0 Å². The molecule has 2 nitrogen and oxygen atoms in total. The second-order valence-corrected chi connectivity index (χ2v) is 4.62. The molecule has 17 heavy (non-hydrogen) atoms. The van der Waals surface area contributed by atoms with E-state index in [1.807, 2.05) is 12.3 Å². The van der Waals surface area contributed by atoms with Crippen molar-refractivity contribution in [3.05, 3.63) is 53.9 Å². The van der Waals surface area contributed by atoms with E-state index in [-0.39, 0.29) is 6.10 Å². The van der Waals surface area contributed by atoms with Gasteiger partial charge in [-0.15, -0.1) is 0 Å². The lowest BCUT2D eigenvalue weighted by Gasteiger charge is -2.21. The van der Waals surface area contributed by atoms with Crippen molar-refractivity contribution < 1.29 is 5.11 Å². The van der Waals surface area contributed by atoms with Crippen LogP contribution in [0.15, 0.2) is 42.7 Å². The van der Waals surface area contributed by atoms with Crippen LogP contribution in [0.3, 0.4) is 0 Å². The Hall–Kier alpha value is -1.67. The fraction of sp³-hybridized carbons (Fsp3) is 0.267. The van der Waals surface area contributed by atoms with E-state index < -0.39 is 0 Å². The molecule has 1 N–H and O–H groups in total. The maximum Gasteiger partial charge on any atom is 0.0583 e. The first-order chi connectivity index (χ1) is 8.33. The van der Waals surface area contributed by atoms with E-state index >= 15 is 0 Å². The predicted octanol–water partition coefficient (Wildman–Crippen LogP) is 2.60. The monoisotopic (exact) mass is 225 g/mol. The lowest BCUT2D eigenvalue weighted by Crippen LogP contribution is -2.18. The molecule has 1 atom stereocenters.